The minimum Gasteiger partial charge on any atom is -0.480 e. The molecule has 6 nitrogen and oxygen atoms in total. The Bertz CT molecular complexity index is 313. The summed E-state index contributed by atoms with van der Waals surface area (Å²) in [5, 5.41) is 11.9. The minimum absolute atomic E-state index is 0.539. The van der Waals surface area contributed by atoms with E-state index in [1.54, 1.807) is 6.33 Å². The predicted molar refractivity (Wildman–Crippen MR) is 64.6 cm³/mol. The molecule has 0 aliphatic heterocycles. The molecule has 1 aromatic heterocycles. The molecule has 0 amide bonds. The molecule has 0 spiro atoms. The van der Waals surface area contributed by atoms with Gasteiger partial charge in [0.2, 0.25) is 0 Å². The molecule has 1 rings (SSSR count). The number of hydrogen-bond donors (Lipinski definition) is 4. The number of carbonyl (C=O) groups is 1. The summed E-state index contributed by atoms with van der Waals surface area (Å²) in [6.45, 7) is 1.79. The summed E-state index contributed by atoms with van der Waals surface area (Å²) >= 11 is 0. The van der Waals surface area contributed by atoms with E-state index >= 15 is 0 Å². The zero-order valence-electron chi connectivity index (χ0n) is 9.85. The van der Waals surface area contributed by atoms with Gasteiger partial charge in [0.05, 0.1) is 6.33 Å². The number of aromatic amines is 1. The molecule has 0 unspecified atom stereocenters. The van der Waals surface area contributed by atoms with Crippen molar-refractivity contribution in [2.24, 2.45) is 5.73 Å². The van der Waals surface area contributed by atoms with Crippen LogP contribution in [0.3, 0.4) is 0 Å². The van der Waals surface area contributed by atoms with Crippen LogP contribution in [0.25, 0.3) is 0 Å². The molecule has 0 bridgehead atoms. The van der Waals surface area contributed by atoms with Gasteiger partial charge in [0.1, 0.15) is 6.04 Å². The van der Waals surface area contributed by atoms with Crippen LogP contribution in [0.2, 0.25) is 0 Å². The average molecular weight is 240 g/mol. The molecule has 96 valence electrons. The predicted octanol–water partition coefficient (Wildman–Crippen LogP) is 0.124. The molecule has 5 N–H and O–H groups in total. The van der Waals surface area contributed by atoms with Crippen LogP contribution in [-0.4, -0.2) is 40.2 Å². The third-order valence-corrected chi connectivity index (χ3v) is 2.56. The summed E-state index contributed by atoms with van der Waals surface area (Å²) in [5.41, 5.74) is 6.51. The summed E-state index contributed by atoms with van der Waals surface area (Å²) in [6, 6.07) is -0.722. The number of unbranched alkanes of at least 4 members (excludes halogenated alkanes) is 1. The second-order valence-corrected chi connectivity index (χ2v) is 4.02. The Kier molecular flexibility index (Phi) is 6.27. The number of aliphatic carboxylic acids is 1. The first-order chi connectivity index (χ1) is 8.20. The van der Waals surface area contributed by atoms with Gasteiger partial charge in [0, 0.05) is 24.9 Å². The zero-order valence-corrected chi connectivity index (χ0v) is 9.85. The lowest BCUT2D eigenvalue weighted by molar-refractivity contribution is -0.138. The fourth-order valence-corrected chi connectivity index (χ4v) is 1.51. The Morgan fingerprint density at radius 1 is 1.53 bits per heavy atom. The van der Waals surface area contributed by atoms with Crippen molar-refractivity contribution in [3.8, 4) is 0 Å². The molecule has 0 aliphatic carbocycles. The van der Waals surface area contributed by atoms with Gasteiger partial charge in [-0.1, -0.05) is 6.42 Å². The monoisotopic (exact) mass is 240 g/mol. The number of H-pyrrole nitrogens is 1. The van der Waals surface area contributed by atoms with Gasteiger partial charge >= 0.3 is 5.97 Å². The Balaban J connectivity index is 1.89. The molecule has 0 fully saturated rings. The van der Waals surface area contributed by atoms with Gasteiger partial charge in [-0.3, -0.25) is 4.79 Å². The molecular weight excluding hydrogens is 220 g/mol. The standard InChI is InChI=1S/C11H20N4O2/c12-10(11(16)17)3-1-2-5-13-6-4-9-7-14-8-15-9/h7-8,10,13H,1-6,12H2,(H,14,15)(H,16,17)/t10-/m1/s1. The van der Waals surface area contributed by atoms with Gasteiger partial charge in [-0.25, -0.2) is 4.98 Å². The number of nitrogens with two attached hydrogens (primary N) is 1. The highest BCUT2D eigenvalue weighted by Gasteiger charge is 2.09. The van der Waals surface area contributed by atoms with Crippen molar-refractivity contribution in [2.75, 3.05) is 13.1 Å². The second-order valence-electron chi connectivity index (χ2n) is 4.02. The largest absolute Gasteiger partial charge is 0.480 e. The highest BCUT2D eigenvalue weighted by atomic mass is 16.4. The molecule has 6 heteroatoms. The van der Waals surface area contributed by atoms with Gasteiger partial charge in [0.15, 0.2) is 0 Å². The van der Waals surface area contributed by atoms with E-state index < -0.39 is 12.0 Å². The molecule has 0 saturated carbocycles. The topological polar surface area (TPSA) is 104 Å². The van der Waals surface area contributed by atoms with Crippen molar-refractivity contribution in [3.63, 3.8) is 0 Å². The van der Waals surface area contributed by atoms with Crippen molar-refractivity contribution in [2.45, 2.75) is 31.7 Å². The van der Waals surface area contributed by atoms with E-state index in [-0.39, 0.29) is 0 Å². The van der Waals surface area contributed by atoms with Crippen LogP contribution >= 0.6 is 0 Å². The van der Waals surface area contributed by atoms with E-state index in [1.165, 1.54) is 0 Å². The van der Waals surface area contributed by atoms with Crippen LogP contribution in [-0.2, 0) is 11.2 Å². The minimum atomic E-state index is -0.919. The van der Waals surface area contributed by atoms with Crippen molar-refractivity contribution >= 4 is 5.97 Å². The Morgan fingerprint density at radius 3 is 3.00 bits per heavy atom. The van der Waals surface area contributed by atoms with Gasteiger partial charge in [-0.2, -0.15) is 0 Å². The fourth-order valence-electron chi connectivity index (χ4n) is 1.51. The van der Waals surface area contributed by atoms with Crippen molar-refractivity contribution < 1.29 is 9.90 Å². The number of carboxylic acids is 1. The van der Waals surface area contributed by atoms with Gasteiger partial charge < -0.3 is 21.1 Å². The average Bonchev–Trinajstić information content (AvgIpc) is 2.80. The second kappa shape index (κ2) is 7.81. The number of hydrogen-bond acceptors (Lipinski definition) is 4. The lowest BCUT2D eigenvalue weighted by Crippen LogP contribution is -2.30. The van der Waals surface area contributed by atoms with Crippen LogP contribution in [0.4, 0.5) is 0 Å². The first-order valence-corrected chi connectivity index (χ1v) is 5.86. The van der Waals surface area contributed by atoms with E-state index in [9.17, 15) is 4.79 Å². The highest BCUT2D eigenvalue weighted by Crippen LogP contribution is 1.98. The van der Waals surface area contributed by atoms with E-state index in [0.717, 1.165) is 38.0 Å². The molecule has 1 aromatic rings. The van der Waals surface area contributed by atoms with E-state index in [4.69, 9.17) is 10.8 Å². The van der Waals surface area contributed by atoms with E-state index in [1.807, 2.05) is 6.20 Å². The van der Waals surface area contributed by atoms with Crippen LogP contribution in [0.5, 0.6) is 0 Å². The smallest absolute Gasteiger partial charge is 0.320 e. The zero-order chi connectivity index (χ0) is 12.5. The third kappa shape index (κ3) is 6.03. The Hall–Kier alpha value is -1.40. The number of carboxylic acid groups (broad SMARTS) is 1. The van der Waals surface area contributed by atoms with Crippen molar-refractivity contribution in [1.29, 1.82) is 0 Å². The first-order valence-electron chi connectivity index (χ1n) is 5.86. The Labute approximate surface area is 101 Å². The van der Waals surface area contributed by atoms with Crippen LogP contribution in [0.15, 0.2) is 12.5 Å². The summed E-state index contributed by atoms with van der Waals surface area (Å²) in [6.07, 6.45) is 6.73. The van der Waals surface area contributed by atoms with Crippen LogP contribution in [0, 0.1) is 0 Å². The number of rotatable bonds is 9. The maximum Gasteiger partial charge on any atom is 0.320 e. The summed E-state index contributed by atoms with van der Waals surface area (Å²) < 4.78 is 0. The molecule has 1 atom stereocenters. The quantitative estimate of drug-likeness (QED) is 0.459. The van der Waals surface area contributed by atoms with Crippen molar-refractivity contribution in [3.05, 3.63) is 18.2 Å². The SMILES string of the molecule is N[C@H](CCCCNCCc1cnc[nH]1)C(=O)O. The molecule has 0 aliphatic rings. The van der Waals surface area contributed by atoms with Gasteiger partial charge in [0.25, 0.3) is 0 Å². The molecule has 1 heterocycles. The number of nitrogens with one attached hydrogen (secondary N) is 2. The summed E-state index contributed by atoms with van der Waals surface area (Å²) in [7, 11) is 0. The number of imidazole rings is 1. The lowest BCUT2D eigenvalue weighted by Gasteiger charge is -2.06. The van der Waals surface area contributed by atoms with Crippen molar-refractivity contribution in [1.82, 2.24) is 15.3 Å². The first kappa shape index (κ1) is 13.7. The summed E-state index contributed by atoms with van der Waals surface area (Å²) in [4.78, 5) is 17.4. The lowest BCUT2D eigenvalue weighted by atomic mass is 10.1. The normalized spacial score (nSPS) is 12.5. The maximum atomic E-state index is 10.4. The molecule has 0 saturated heterocycles. The van der Waals surface area contributed by atoms with Gasteiger partial charge in [-0.15, -0.1) is 0 Å². The van der Waals surface area contributed by atoms with E-state index in [2.05, 4.69) is 15.3 Å². The highest BCUT2D eigenvalue weighted by molar-refractivity contribution is 5.72. The Morgan fingerprint density at radius 2 is 2.35 bits per heavy atom. The molecule has 17 heavy (non-hydrogen) atoms. The third-order valence-electron chi connectivity index (χ3n) is 2.56. The van der Waals surface area contributed by atoms with E-state index in [0.29, 0.717) is 6.42 Å². The maximum absolute atomic E-state index is 10.4. The van der Waals surface area contributed by atoms with Crippen LogP contribution in [0.1, 0.15) is 25.0 Å². The summed E-state index contributed by atoms with van der Waals surface area (Å²) in [5.74, 6) is -0.919. The molecule has 0 radical (unpaired) electrons. The van der Waals surface area contributed by atoms with Crippen LogP contribution < -0.4 is 11.1 Å². The van der Waals surface area contributed by atoms with Gasteiger partial charge in [-0.05, 0) is 19.4 Å². The molecular formula is C11H20N4O2. The molecule has 0 aromatic carbocycles. The number of aromatic nitrogens is 2. The fraction of sp³-hybridized carbons (Fsp3) is 0.636. The number of nitrogens with zero attached hydrogens (tertiary/aromatic N) is 1.